The van der Waals surface area contributed by atoms with Crippen molar-refractivity contribution in [3.05, 3.63) is 29.8 Å². The molecule has 0 bridgehead atoms. The van der Waals surface area contributed by atoms with Crippen molar-refractivity contribution in [3.63, 3.8) is 0 Å². The van der Waals surface area contributed by atoms with Gasteiger partial charge in [-0.25, -0.2) is 0 Å². The fourth-order valence-electron chi connectivity index (χ4n) is 3.30. The molecule has 1 amide bonds. The van der Waals surface area contributed by atoms with Crippen LogP contribution in [0.3, 0.4) is 0 Å². The third-order valence-corrected chi connectivity index (χ3v) is 4.82. The van der Waals surface area contributed by atoms with Crippen LogP contribution in [0, 0.1) is 6.92 Å². The van der Waals surface area contributed by atoms with Crippen molar-refractivity contribution >= 4 is 5.91 Å². The van der Waals surface area contributed by atoms with Crippen molar-refractivity contribution in [3.8, 4) is 5.75 Å². The molecule has 25 heavy (non-hydrogen) atoms. The largest absolute Gasteiger partial charge is 0.491 e. The van der Waals surface area contributed by atoms with Gasteiger partial charge in [0.25, 0.3) is 5.91 Å². The third kappa shape index (κ3) is 5.17. The molecule has 1 aromatic rings. The number of carbonyl (C=O) groups is 1. The van der Waals surface area contributed by atoms with Gasteiger partial charge in [-0.1, -0.05) is 17.7 Å². The van der Waals surface area contributed by atoms with Gasteiger partial charge in [0.2, 0.25) is 0 Å². The van der Waals surface area contributed by atoms with Gasteiger partial charge in [-0.15, -0.1) is 0 Å². The van der Waals surface area contributed by atoms with Gasteiger partial charge in [-0.2, -0.15) is 0 Å². The molecule has 2 saturated heterocycles. The van der Waals surface area contributed by atoms with Crippen LogP contribution in [0.15, 0.2) is 24.3 Å². The van der Waals surface area contributed by atoms with Gasteiger partial charge in [0.1, 0.15) is 24.6 Å². The molecule has 0 saturated carbocycles. The van der Waals surface area contributed by atoms with Crippen LogP contribution in [-0.4, -0.2) is 79.0 Å². The van der Waals surface area contributed by atoms with E-state index in [2.05, 4.69) is 4.90 Å². The highest BCUT2D eigenvalue weighted by atomic mass is 16.5. The van der Waals surface area contributed by atoms with Crippen LogP contribution in [-0.2, 0) is 9.53 Å². The van der Waals surface area contributed by atoms with Gasteiger partial charge in [0.15, 0.2) is 0 Å². The van der Waals surface area contributed by atoms with E-state index in [0.717, 1.165) is 31.7 Å². The van der Waals surface area contributed by atoms with E-state index in [1.165, 1.54) is 5.56 Å². The number of piperazine rings is 1. The molecule has 0 aliphatic carbocycles. The first-order chi connectivity index (χ1) is 12.1. The molecule has 2 atom stereocenters. The zero-order chi connectivity index (χ0) is 17.6. The molecule has 1 N–H and O–H groups in total. The van der Waals surface area contributed by atoms with Gasteiger partial charge in [-0.3, -0.25) is 9.69 Å². The Kier molecular flexibility index (Phi) is 6.29. The Hall–Kier alpha value is -1.63. The molecule has 0 radical (unpaired) electrons. The molecule has 2 fully saturated rings. The van der Waals surface area contributed by atoms with Crippen molar-refractivity contribution in [2.75, 3.05) is 45.9 Å². The molecule has 3 rings (SSSR count). The molecular weight excluding hydrogens is 320 g/mol. The molecule has 0 spiro atoms. The number of hydrogen-bond donors (Lipinski definition) is 1. The van der Waals surface area contributed by atoms with Crippen molar-refractivity contribution in [2.45, 2.75) is 32.0 Å². The Morgan fingerprint density at radius 1 is 1.28 bits per heavy atom. The summed E-state index contributed by atoms with van der Waals surface area (Å²) in [4.78, 5) is 16.4. The zero-order valence-electron chi connectivity index (χ0n) is 14.9. The summed E-state index contributed by atoms with van der Waals surface area (Å²) in [7, 11) is 0. The van der Waals surface area contributed by atoms with Crippen LogP contribution in [0.4, 0.5) is 0 Å². The van der Waals surface area contributed by atoms with Crippen molar-refractivity contribution in [1.82, 2.24) is 9.80 Å². The Morgan fingerprint density at radius 2 is 2.00 bits per heavy atom. The van der Waals surface area contributed by atoms with Crippen LogP contribution in [0.5, 0.6) is 5.75 Å². The highest BCUT2D eigenvalue weighted by molar-refractivity contribution is 5.81. The van der Waals surface area contributed by atoms with E-state index in [0.29, 0.717) is 26.2 Å². The molecular formula is C19H28N2O4. The fraction of sp³-hybridized carbons (Fsp3) is 0.632. The summed E-state index contributed by atoms with van der Waals surface area (Å²) in [5, 5.41) is 10.2. The van der Waals surface area contributed by atoms with Gasteiger partial charge in [0, 0.05) is 39.3 Å². The van der Waals surface area contributed by atoms with Crippen LogP contribution in [0.1, 0.15) is 18.4 Å². The van der Waals surface area contributed by atoms with E-state index in [-0.39, 0.29) is 18.6 Å². The molecule has 0 aromatic heterocycles. The summed E-state index contributed by atoms with van der Waals surface area (Å²) in [6, 6.07) is 7.81. The predicted octanol–water partition coefficient (Wildman–Crippen LogP) is 1.06. The maximum Gasteiger partial charge on any atom is 0.251 e. The number of aryl methyl sites for hydroxylation is 1. The highest BCUT2D eigenvalue weighted by Crippen LogP contribution is 2.16. The second-order valence-electron chi connectivity index (χ2n) is 6.91. The molecule has 1 aromatic carbocycles. The molecule has 2 aliphatic rings. The first kappa shape index (κ1) is 18.2. The number of aliphatic hydroxyl groups excluding tert-OH is 1. The number of β-amino-alcohol motifs (C(OH)–C–C–N with tert-alkyl or cyclic N) is 1. The lowest BCUT2D eigenvalue weighted by Gasteiger charge is -2.36. The Balaban J connectivity index is 1.36. The first-order valence-corrected chi connectivity index (χ1v) is 9.12. The van der Waals surface area contributed by atoms with E-state index in [1.54, 1.807) is 0 Å². The molecule has 6 nitrogen and oxygen atoms in total. The second kappa shape index (κ2) is 8.65. The minimum Gasteiger partial charge on any atom is -0.491 e. The average Bonchev–Trinajstić information content (AvgIpc) is 3.16. The summed E-state index contributed by atoms with van der Waals surface area (Å²) >= 11 is 0. The topological polar surface area (TPSA) is 62.2 Å². The number of hydrogen-bond acceptors (Lipinski definition) is 5. The van der Waals surface area contributed by atoms with Crippen molar-refractivity contribution in [1.29, 1.82) is 0 Å². The summed E-state index contributed by atoms with van der Waals surface area (Å²) in [5.41, 5.74) is 1.18. The van der Waals surface area contributed by atoms with Gasteiger partial charge in [-0.05, 0) is 31.9 Å². The molecule has 0 unspecified atom stereocenters. The number of carbonyl (C=O) groups excluding carboxylic acids is 1. The predicted molar refractivity (Wildman–Crippen MR) is 94.7 cm³/mol. The number of aliphatic hydroxyl groups is 1. The summed E-state index contributed by atoms with van der Waals surface area (Å²) in [6.45, 7) is 6.52. The van der Waals surface area contributed by atoms with Gasteiger partial charge in [0.05, 0.1) is 0 Å². The standard InChI is InChI=1S/C19H28N2O4/c1-15-4-6-17(7-5-15)25-14-16(22)13-20-8-10-21(11-9-20)19(23)18-3-2-12-24-18/h4-7,16,18,22H,2-3,8-14H2,1H3/t16-,18-/m1/s1. The monoisotopic (exact) mass is 348 g/mol. The number of benzene rings is 1. The summed E-state index contributed by atoms with van der Waals surface area (Å²) < 4.78 is 11.1. The number of nitrogens with zero attached hydrogens (tertiary/aromatic N) is 2. The van der Waals surface area contributed by atoms with E-state index in [9.17, 15) is 9.90 Å². The lowest BCUT2D eigenvalue weighted by atomic mass is 10.2. The lowest BCUT2D eigenvalue weighted by Crippen LogP contribution is -2.53. The van der Waals surface area contributed by atoms with Gasteiger partial charge >= 0.3 is 0 Å². The SMILES string of the molecule is Cc1ccc(OC[C@H](O)CN2CCN(C(=O)[C@H]3CCCO3)CC2)cc1. The normalized spacial score (nSPS) is 22.8. The number of amides is 1. The van der Waals surface area contributed by atoms with Crippen LogP contribution >= 0.6 is 0 Å². The maximum absolute atomic E-state index is 12.3. The Labute approximate surface area is 149 Å². The van der Waals surface area contributed by atoms with Crippen LogP contribution < -0.4 is 4.74 Å². The number of rotatable bonds is 6. The fourth-order valence-corrected chi connectivity index (χ4v) is 3.30. The Bertz CT molecular complexity index is 549. The quantitative estimate of drug-likeness (QED) is 0.833. The van der Waals surface area contributed by atoms with E-state index < -0.39 is 6.10 Å². The third-order valence-electron chi connectivity index (χ3n) is 4.82. The summed E-state index contributed by atoms with van der Waals surface area (Å²) in [6.07, 6.45) is 1.04. The van der Waals surface area contributed by atoms with E-state index in [4.69, 9.17) is 9.47 Å². The molecule has 138 valence electrons. The van der Waals surface area contributed by atoms with E-state index in [1.807, 2.05) is 36.1 Å². The maximum atomic E-state index is 12.3. The van der Waals surface area contributed by atoms with Gasteiger partial charge < -0.3 is 19.5 Å². The number of ether oxygens (including phenoxy) is 2. The first-order valence-electron chi connectivity index (χ1n) is 9.12. The van der Waals surface area contributed by atoms with Crippen molar-refractivity contribution in [2.24, 2.45) is 0 Å². The molecule has 2 heterocycles. The smallest absolute Gasteiger partial charge is 0.251 e. The lowest BCUT2D eigenvalue weighted by molar-refractivity contribution is -0.142. The van der Waals surface area contributed by atoms with E-state index >= 15 is 0 Å². The average molecular weight is 348 g/mol. The van der Waals surface area contributed by atoms with Crippen molar-refractivity contribution < 1.29 is 19.4 Å². The zero-order valence-corrected chi connectivity index (χ0v) is 14.9. The minimum atomic E-state index is -0.540. The Morgan fingerprint density at radius 3 is 2.64 bits per heavy atom. The minimum absolute atomic E-state index is 0.125. The molecule has 6 heteroatoms. The highest BCUT2D eigenvalue weighted by Gasteiger charge is 2.30. The van der Waals surface area contributed by atoms with Crippen LogP contribution in [0.25, 0.3) is 0 Å². The van der Waals surface area contributed by atoms with Crippen LogP contribution in [0.2, 0.25) is 0 Å². The summed E-state index contributed by atoms with van der Waals surface area (Å²) in [5.74, 6) is 0.900. The second-order valence-corrected chi connectivity index (χ2v) is 6.91. The molecule has 2 aliphatic heterocycles.